The number of aromatic nitrogens is 2. The molecule has 9 heteroatoms. The Morgan fingerprint density at radius 1 is 0.556 bits per heavy atom. The second-order valence-corrected chi connectivity index (χ2v) is 14.9. The van der Waals surface area contributed by atoms with Crippen LogP contribution in [0.2, 0.25) is 0 Å². The normalized spacial score (nSPS) is 11.9. The largest absolute Gasteiger partial charge is 0.206 e. The molecule has 6 aromatic rings. The van der Waals surface area contributed by atoms with Crippen LogP contribution in [0.15, 0.2) is 60.7 Å². The van der Waals surface area contributed by atoms with Gasteiger partial charge in [0.2, 0.25) is 0 Å². The van der Waals surface area contributed by atoms with E-state index >= 15 is 17.6 Å². The Bertz CT molecular complexity index is 1850. The van der Waals surface area contributed by atoms with Crippen LogP contribution in [0.25, 0.3) is 52.8 Å². The highest BCUT2D eigenvalue weighted by Gasteiger charge is 2.27. The first-order valence-corrected chi connectivity index (χ1v) is 17.4. The molecule has 3 aromatic carbocycles. The van der Waals surface area contributed by atoms with Gasteiger partial charge >= 0.3 is 0 Å². The number of nitrogens with zero attached hydrogens (tertiary/aromatic N) is 2. The first-order chi connectivity index (χ1) is 21.6. The molecule has 232 valence electrons. The third-order valence-electron chi connectivity index (χ3n) is 7.92. The number of hydrogen-bond acceptors (Lipinski definition) is 5. The minimum absolute atomic E-state index is 0.00465. The zero-order valence-electron chi connectivity index (χ0n) is 25.4. The summed E-state index contributed by atoms with van der Waals surface area (Å²) >= 11 is 3.23. The molecule has 0 fully saturated rings. The molecule has 2 nitrogen and oxygen atoms in total. The molecular formula is C36H32F4N2S3. The Labute approximate surface area is 272 Å². The number of fused-ring (bicyclic) bond motifs is 1. The molecule has 45 heavy (non-hydrogen) atoms. The van der Waals surface area contributed by atoms with Gasteiger partial charge in [-0.05, 0) is 85.0 Å². The molecule has 0 aliphatic heterocycles. The van der Waals surface area contributed by atoms with E-state index in [1.54, 1.807) is 48.5 Å². The second kappa shape index (κ2) is 13.1. The van der Waals surface area contributed by atoms with Crippen molar-refractivity contribution in [1.29, 1.82) is 0 Å². The van der Waals surface area contributed by atoms with Gasteiger partial charge in [0.05, 0.1) is 22.9 Å². The molecule has 0 saturated heterocycles. The van der Waals surface area contributed by atoms with E-state index in [0.29, 0.717) is 42.5 Å². The van der Waals surface area contributed by atoms with Crippen molar-refractivity contribution in [3.8, 4) is 41.8 Å². The summed E-state index contributed by atoms with van der Waals surface area (Å²) in [7, 11) is 0. The second-order valence-electron chi connectivity index (χ2n) is 12.2. The molecule has 0 atom stereocenters. The number of rotatable bonds is 10. The molecule has 0 unspecified atom stereocenters. The van der Waals surface area contributed by atoms with Gasteiger partial charge in [0.15, 0.2) is 11.6 Å². The summed E-state index contributed by atoms with van der Waals surface area (Å²) in [5.74, 6) is -1.73. The monoisotopic (exact) mass is 664 g/mol. The van der Waals surface area contributed by atoms with E-state index in [2.05, 4.69) is 36.4 Å². The molecule has 0 spiro atoms. The predicted octanol–water partition coefficient (Wildman–Crippen LogP) is 12.2. The lowest BCUT2D eigenvalue weighted by Crippen LogP contribution is -1.95. The summed E-state index contributed by atoms with van der Waals surface area (Å²) < 4.78 is 70.8. The maximum atomic E-state index is 15.9. The van der Waals surface area contributed by atoms with Crippen LogP contribution in [0, 0.1) is 35.1 Å². The Morgan fingerprint density at radius 3 is 1.33 bits per heavy atom. The smallest absolute Gasteiger partial charge is 0.170 e. The first kappa shape index (κ1) is 31.6. The first-order valence-electron chi connectivity index (χ1n) is 15.0. The topological polar surface area (TPSA) is 25.8 Å². The summed E-state index contributed by atoms with van der Waals surface area (Å²) in [6, 6.07) is 17.2. The SMILES string of the molecule is CC(C)CCc1ccc(-c2ccc(-c3c(F)c(F)c(-c4ccc(-c5ccc(CCC(C)C)cc5F)s4)c4nsnc34)s2)c(F)c1. The molecule has 0 saturated carbocycles. The number of thiophene rings is 2. The van der Waals surface area contributed by atoms with Crippen LogP contribution < -0.4 is 0 Å². The molecule has 6 rings (SSSR count). The van der Waals surface area contributed by atoms with Crippen molar-refractivity contribution < 1.29 is 17.6 Å². The predicted molar refractivity (Wildman–Crippen MR) is 181 cm³/mol. The molecule has 3 heterocycles. The fourth-order valence-corrected chi connectivity index (χ4v) is 8.07. The summed E-state index contributed by atoms with van der Waals surface area (Å²) in [6.45, 7) is 8.53. The van der Waals surface area contributed by atoms with Gasteiger partial charge in [-0.25, -0.2) is 17.6 Å². The van der Waals surface area contributed by atoms with Gasteiger partial charge in [-0.15, -0.1) is 22.7 Å². The van der Waals surface area contributed by atoms with Crippen molar-refractivity contribution >= 4 is 45.4 Å². The summed E-state index contributed by atoms with van der Waals surface area (Å²) in [6.07, 6.45) is 3.52. The van der Waals surface area contributed by atoms with Crippen molar-refractivity contribution in [3.05, 3.63) is 95.1 Å². The van der Waals surface area contributed by atoms with Gasteiger partial charge in [-0.3, -0.25) is 0 Å². The van der Waals surface area contributed by atoms with E-state index in [9.17, 15) is 0 Å². The molecule has 0 N–H and O–H groups in total. The van der Waals surface area contributed by atoms with Crippen LogP contribution in [0.4, 0.5) is 17.6 Å². The molecule has 0 bridgehead atoms. The van der Waals surface area contributed by atoms with Crippen molar-refractivity contribution in [2.45, 2.75) is 53.4 Å². The van der Waals surface area contributed by atoms with Crippen molar-refractivity contribution in [2.75, 3.05) is 0 Å². The van der Waals surface area contributed by atoms with Gasteiger partial charge in [-0.1, -0.05) is 52.0 Å². The highest BCUT2D eigenvalue weighted by Crippen LogP contribution is 2.46. The minimum atomic E-state index is -1.04. The highest BCUT2D eigenvalue weighted by molar-refractivity contribution is 7.19. The summed E-state index contributed by atoms with van der Waals surface area (Å²) in [4.78, 5) is 2.08. The highest BCUT2D eigenvalue weighted by atomic mass is 32.1. The van der Waals surface area contributed by atoms with Crippen LogP contribution in [-0.4, -0.2) is 8.75 Å². The van der Waals surface area contributed by atoms with Crippen LogP contribution in [0.1, 0.15) is 51.7 Å². The van der Waals surface area contributed by atoms with E-state index in [1.165, 1.54) is 22.7 Å². The number of benzene rings is 3. The third kappa shape index (κ3) is 6.48. The average molecular weight is 665 g/mol. The Kier molecular flexibility index (Phi) is 9.22. The molecular weight excluding hydrogens is 633 g/mol. The minimum Gasteiger partial charge on any atom is -0.206 e. The van der Waals surface area contributed by atoms with Gasteiger partial charge in [-0.2, -0.15) is 8.75 Å². The molecule has 0 amide bonds. The van der Waals surface area contributed by atoms with Gasteiger partial charge in [0.1, 0.15) is 22.7 Å². The van der Waals surface area contributed by atoms with E-state index in [1.807, 2.05) is 12.1 Å². The van der Waals surface area contributed by atoms with E-state index < -0.39 is 11.6 Å². The van der Waals surface area contributed by atoms with Crippen molar-refractivity contribution in [3.63, 3.8) is 0 Å². The van der Waals surface area contributed by atoms with Gasteiger partial charge in [0, 0.05) is 30.6 Å². The third-order valence-corrected chi connectivity index (χ3v) is 10.7. The fraction of sp³-hybridized carbons (Fsp3) is 0.278. The van der Waals surface area contributed by atoms with Crippen molar-refractivity contribution in [1.82, 2.24) is 8.75 Å². The van der Waals surface area contributed by atoms with Gasteiger partial charge < -0.3 is 0 Å². The lowest BCUT2D eigenvalue weighted by atomic mass is 10.0. The molecule has 3 aromatic heterocycles. The summed E-state index contributed by atoms with van der Waals surface area (Å²) in [5, 5.41) is 0. The maximum Gasteiger partial charge on any atom is 0.170 e. The number of aryl methyl sites for hydroxylation is 2. The Morgan fingerprint density at radius 2 is 0.956 bits per heavy atom. The standard InChI is InChI=1S/C36H32F4N2S3/c1-19(2)5-7-21-9-11-23(25(37)17-21)27-13-15-29(43-27)31-33(39)34(40)32(36-35(31)41-45-42-36)30-16-14-28(44-30)24-12-10-22(18-26(24)38)8-6-20(3)4/h9-20H,5-8H2,1-4H3. The molecule has 0 aliphatic rings. The van der Waals surface area contributed by atoms with Crippen LogP contribution >= 0.6 is 34.4 Å². The van der Waals surface area contributed by atoms with Crippen LogP contribution in [0.5, 0.6) is 0 Å². The van der Waals surface area contributed by atoms with E-state index in [-0.39, 0.29) is 33.8 Å². The van der Waals surface area contributed by atoms with Crippen LogP contribution in [0.3, 0.4) is 0 Å². The van der Waals surface area contributed by atoms with E-state index in [0.717, 1.165) is 48.5 Å². The Balaban J connectivity index is 1.33. The zero-order chi connectivity index (χ0) is 31.8. The fourth-order valence-electron chi connectivity index (χ4n) is 5.37. The lowest BCUT2D eigenvalue weighted by Gasteiger charge is -2.09. The maximum absolute atomic E-state index is 15.9. The number of halogens is 4. The lowest BCUT2D eigenvalue weighted by molar-refractivity contribution is 0.516. The molecule has 0 aliphatic carbocycles. The zero-order valence-corrected chi connectivity index (χ0v) is 27.8. The Hall–Kier alpha value is -3.40. The van der Waals surface area contributed by atoms with Gasteiger partial charge in [0.25, 0.3) is 0 Å². The summed E-state index contributed by atoms with van der Waals surface area (Å²) in [5.41, 5.74) is 3.17. The quantitative estimate of drug-likeness (QED) is 0.136. The van der Waals surface area contributed by atoms with E-state index in [4.69, 9.17) is 0 Å². The van der Waals surface area contributed by atoms with Crippen LogP contribution in [-0.2, 0) is 12.8 Å². The average Bonchev–Trinajstić information content (AvgIpc) is 3.78. The molecule has 0 radical (unpaired) electrons. The number of hydrogen-bond donors (Lipinski definition) is 0. The van der Waals surface area contributed by atoms with Crippen molar-refractivity contribution in [2.24, 2.45) is 11.8 Å².